The zero-order chi connectivity index (χ0) is 20.1. The molecule has 2 N–H and O–H groups in total. The number of nitrogens with one attached hydrogen (secondary N) is 2. The normalized spacial score (nSPS) is 11.7. The average molecular weight is 395 g/mol. The predicted octanol–water partition coefficient (Wildman–Crippen LogP) is 3.83. The predicted molar refractivity (Wildman–Crippen MR) is 110 cm³/mol. The van der Waals surface area contributed by atoms with Gasteiger partial charge in [0.2, 0.25) is 5.91 Å². The van der Waals surface area contributed by atoms with Gasteiger partial charge in [-0.3, -0.25) is 14.6 Å². The monoisotopic (exact) mass is 394 g/mol. The number of thiazole rings is 1. The summed E-state index contributed by atoms with van der Waals surface area (Å²) in [6, 6.07) is 13.3. The van der Waals surface area contributed by atoms with Crippen LogP contribution >= 0.6 is 11.3 Å². The summed E-state index contributed by atoms with van der Waals surface area (Å²) in [4.78, 5) is 33.1. The molecule has 2 heterocycles. The number of aryl methyl sites for hydroxylation is 2. The standard InChI is InChI=1S/C21H22N4O2S/c1-13-9-10-17(14(2)22-13)24-20(27)19-12-28-21(25-19)18(23-15(3)26)11-16-7-5-4-6-8-16/h4-10,12,18H,11H2,1-3H3,(H,23,26)(H,24,27)/t18-/m1/s1. The van der Waals surface area contributed by atoms with Crippen LogP contribution in [0, 0.1) is 13.8 Å². The summed E-state index contributed by atoms with van der Waals surface area (Å²) in [5.41, 5.74) is 3.72. The maximum Gasteiger partial charge on any atom is 0.275 e. The number of anilines is 1. The van der Waals surface area contributed by atoms with Crippen molar-refractivity contribution in [1.82, 2.24) is 15.3 Å². The van der Waals surface area contributed by atoms with Gasteiger partial charge in [0.15, 0.2) is 0 Å². The molecule has 2 amide bonds. The Morgan fingerprint density at radius 1 is 1.07 bits per heavy atom. The zero-order valence-electron chi connectivity index (χ0n) is 16.0. The second kappa shape index (κ2) is 8.75. The number of carbonyl (C=O) groups excluding carboxylic acids is 2. The summed E-state index contributed by atoms with van der Waals surface area (Å²) in [6.07, 6.45) is 0.607. The molecule has 0 aliphatic heterocycles. The van der Waals surface area contributed by atoms with Crippen LogP contribution in [0.4, 0.5) is 5.69 Å². The number of hydrogen-bond donors (Lipinski definition) is 2. The highest BCUT2D eigenvalue weighted by molar-refractivity contribution is 7.10. The van der Waals surface area contributed by atoms with Crippen LogP contribution in [0.3, 0.4) is 0 Å². The largest absolute Gasteiger partial charge is 0.347 e. The fourth-order valence-electron chi connectivity index (χ4n) is 2.85. The van der Waals surface area contributed by atoms with E-state index in [1.807, 2.05) is 56.3 Å². The van der Waals surface area contributed by atoms with E-state index in [-0.39, 0.29) is 17.9 Å². The molecule has 2 aromatic heterocycles. The van der Waals surface area contributed by atoms with E-state index in [0.29, 0.717) is 22.8 Å². The Labute approximate surface area is 168 Å². The van der Waals surface area contributed by atoms with E-state index in [2.05, 4.69) is 20.6 Å². The fourth-order valence-corrected chi connectivity index (χ4v) is 3.70. The number of rotatable bonds is 6. The minimum atomic E-state index is -0.294. The van der Waals surface area contributed by atoms with E-state index in [9.17, 15) is 9.59 Å². The van der Waals surface area contributed by atoms with Gasteiger partial charge >= 0.3 is 0 Å². The van der Waals surface area contributed by atoms with Crippen LogP contribution in [0.25, 0.3) is 0 Å². The molecule has 0 aliphatic carbocycles. The van der Waals surface area contributed by atoms with Crippen molar-refractivity contribution in [2.45, 2.75) is 33.2 Å². The van der Waals surface area contributed by atoms with E-state index in [4.69, 9.17) is 0 Å². The van der Waals surface area contributed by atoms with Gasteiger partial charge in [0.1, 0.15) is 10.7 Å². The number of nitrogens with zero attached hydrogens (tertiary/aromatic N) is 2. The third kappa shape index (κ3) is 5.01. The maximum absolute atomic E-state index is 12.6. The first-order chi connectivity index (χ1) is 13.4. The van der Waals surface area contributed by atoms with Gasteiger partial charge < -0.3 is 10.6 Å². The Morgan fingerprint density at radius 3 is 2.50 bits per heavy atom. The van der Waals surface area contributed by atoms with Crippen LogP contribution in [0.15, 0.2) is 47.8 Å². The van der Waals surface area contributed by atoms with Gasteiger partial charge in [0, 0.05) is 18.0 Å². The third-order valence-electron chi connectivity index (χ3n) is 4.19. The molecule has 1 atom stereocenters. The van der Waals surface area contributed by atoms with Gasteiger partial charge in [-0.2, -0.15) is 0 Å². The molecule has 3 rings (SSSR count). The Hall–Kier alpha value is -3.06. The number of hydrogen-bond acceptors (Lipinski definition) is 5. The van der Waals surface area contributed by atoms with Crippen LogP contribution in [0.2, 0.25) is 0 Å². The highest BCUT2D eigenvalue weighted by Gasteiger charge is 2.20. The quantitative estimate of drug-likeness (QED) is 0.666. The summed E-state index contributed by atoms with van der Waals surface area (Å²) < 4.78 is 0. The molecule has 0 saturated carbocycles. The SMILES string of the molecule is CC(=O)N[C@H](Cc1ccccc1)c1nc(C(=O)Nc2ccc(C)nc2C)cs1. The van der Waals surface area contributed by atoms with Crippen molar-refractivity contribution in [3.8, 4) is 0 Å². The Bertz CT molecular complexity index is 985. The van der Waals surface area contributed by atoms with Crippen molar-refractivity contribution in [3.05, 3.63) is 75.5 Å². The summed E-state index contributed by atoms with van der Waals surface area (Å²) >= 11 is 1.36. The van der Waals surface area contributed by atoms with Crippen molar-refractivity contribution >= 4 is 28.8 Å². The summed E-state index contributed by atoms with van der Waals surface area (Å²) in [5.74, 6) is -0.430. The molecular weight excluding hydrogens is 372 g/mol. The van der Waals surface area contributed by atoms with Crippen LogP contribution in [0.5, 0.6) is 0 Å². The van der Waals surface area contributed by atoms with Crippen LogP contribution in [0.1, 0.15) is 45.4 Å². The summed E-state index contributed by atoms with van der Waals surface area (Å²) in [6.45, 7) is 5.23. The van der Waals surface area contributed by atoms with Gasteiger partial charge in [-0.15, -0.1) is 11.3 Å². The van der Waals surface area contributed by atoms with Gasteiger partial charge in [-0.05, 0) is 38.0 Å². The summed E-state index contributed by atoms with van der Waals surface area (Å²) in [5, 5.41) is 8.19. The van der Waals surface area contributed by atoms with Gasteiger partial charge in [-0.25, -0.2) is 4.98 Å². The Morgan fingerprint density at radius 2 is 1.82 bits per heavy atom. The molecule has 3 aromatic rings. The maximum atomic E-state index is 12.6. The molecule has 0 saturated heterocycles. The molecular formula is C21H22N4O2S. The van der Waals surface area contributed by atoms with Gasteiger partial charge in [0.25, 0.3) is 5.91 Å². The molecule has 0 radical (unpaired) electrons. The molecule has 0 aliphatic rings. The van der Waals surface area contributed by atoms with Crippen LogP contribution in [-0.4, -0.2) is 21.8 Å². The van der Waals surface area contributed by atoms with E-state index >= 15 is 0 Å². The highest BCUT2D eigenvalue weighted by Crippen LogP contribution is 2.23. The minimum absolute atomic E-state index is 0.136. The lowest BCUT2D eigenvalue weighted by molar-refractivity contribution is -0.119. The first kappa shape index (κ1) is 19.7. The van der Waals surface area contributed by atoms with E-state index < -0.39 is 0 Å². The first-order valence-electron chi connectivity index (χ1n) is 8.94. The highest BCUT2D eigenvalue weighted by atomic mass is 32.1. The van der Waals surface area contributed by atoms with Crippen molar-refractivity contribution in [3.63, 3.8) is 0 Å². The van der Waals surface area contributed by atoms with E-state index in [0.717, 1.165) is 17.0 Å². The third-order valence-corrected chi connectivity index (χ3v) is 5.14. The fraction of sp³-hybridized carbons (Fsp3) is 0.238. The second-order valence-electron chi connectivity index (χ2n) is 6.55. The number of carbonyl (C=O) groups is 2. The van der Waals surface area contributed by atoms with Gasteiger partial charge in [-0.1, -0.05) is 30.3 Å². The van der Waals surface area contributed by atoms with Crippen molar-refractivity contribution in [1.29, 1.82) is 0 Å². The molecule has 144 valence electrons. The van der Waals surface area contributed by atoms with E-state index in [1.54, 1.807) is 5.38 Å². The van der Waals surface area contributed by atoms with Crippen molar-refractivity contribution < 1.29 is 9.59 Å². The summed E-state index contributed by atoms with van der Waals surface area (Å²) in [7, 11) is 0. The number of pyridine rings is 1. The Kier molecular flexibility index (Phi) is 6.16. The first-order valence-corrected chi connectivity index (χ1v) is 9.82. The zero-order valence-corrected chi connectivity index (χ0v) is 16.8. The van der Waals surface area contributed by atoms with Crippen LogP contribution in [-0.2, 0) is 11.2 Å². The lowest BCUT2D eigenvalue weighted by Gasteiger charge is -2.15. The molecule has 0 spiro atoms. The number of benzene rings is 1. The van der Waals surface area contributed by atoms with Crippen LogP contribution < -0.4 is 10.6 Å². The lowest BCUT2D eigenvalue weighted by atomic mass is 10.1. The molecule has 1 aromatic carbocycles. The molecule has 7 heteroatoms. The average Bonchev–Trinajstić information content (AvgIpc) is 3.14. The van der Waals surface area contributed by atoms with Crippen molar-refractivity contribution in [2.24, 2.45) is 0 Å². The topological polar surface area (TPSA) is 84.0 Å². The molecule has 0 bridgehead atoms. The lowest BCUT2D eigenvalue weighted by Crippen LogP contribution is -2.27. The van der Waals surface area contributed by atoms with Crippen molar-refractivity contribution in [2.75, 3.05) is 5.32 Å². The van der Waals surface area contributed by atoms with Gasteiger partial charge in [0.05, 0.1) is 17.4 Å². The molecule has 0 fully saturated rings. The molecule has 0 unspecified atom stereocenters. The minimum Gasteiger partial charge on any atom is -0.347 e. The van der Waals surface area contributed by atoms with E-state index in [1.165, 1.54) is 18.3 Å². The number of aromatic nitrogens is 2. The smallest absolute Gasteiger partial charge is 0.275 e. The second-order valence-corrected chi connectivity index (χ2v) is 7.44. The number of amides is 2. The molecule has 6 nitrogen and oxygen atoms in total. The molecule has 28 heavy (non-hydrogen) atoms. The Balaban J connectivity index is 1.77.